The van der Waals surface area contributed by atoms with Crippen LogP contribution >= 0.6 is 0 Å². The molecule has 0 aliphatic heterocycles. The van der Waals surface area contributed by atoms with Gasteiger partial charge in [-0.05, 0) is 30.7 Å². The smallest absolute Gasteiger partial charge is 0.311 e. The van der Waals surface area contributed by atoms with E-state index in [1.165, 1.54) is 11.0 Å². The molecule has 0 saturated carbocycles. The van der Waals surface area contributed by atoms with Crippen molar-refractivity contribution in [2.45, 2.75) is 19.6 Å². The summed E-state index contributed by atoms with van der Waals surface area (Å²) in [4.78, 5) is 12.4. The number of hydrogen-bond donors (Lipinski definition) is 0. The molecule has 4 aromatic rings. The highest BCUT2D eigenvalue weighted by Gasteiger charge is 2.34. The summed E-state index contributed by atoms with van der Waals surface area (Å²) in [6, 6.07) is 8.20. The number of alkyl halides is 3. The van der Waals surface area contributed by atoms with Crippen LogP contribution in [0.5, 0.6) is 0 Å². The lowest BCUT2D eigenvalue weighted by atomic mass is 10.2. The first-order chi connectivity index (χ1) is 12.4. The maximum absolute atomic E-state index is 12.8. The quantitative estimate of drug-likeness (QED) is 0.563. The Balaban J connectivity index is 1.60. The molecule has 4 rings (SSSR count). The zero-order valence-corrected chi connectivity index (χ0v) is 13.6. The van der Waals surface area contributed by atoms with Gasteiger partial charge in [0.15, 0.2) is 11.3 Å². The fourth-order valence-corrected chi connectivity index (χ4v) is 2.74. The van der Waals surface area contributed by atoms with Crippen molar-refractivity contribution < 1.29 is 13.2 Å². The molecule has 6 nitrogen and oxygen atoms in total. The number of imidazole rings is 1. The number of hydrogen-bond acceptors (Lipinski definition) is 4. The third-order valence-electron chi connectivity index (χ3n) is 3.99. The van der Waals surface area contributed by atoms with E-state index >= 15 is 0 Å². The largest absolute Gasteiger partial charge is 0.435 e. The van der Waals surface area contributed by atoms with Gasteiger partial charge in [0.1, 0.15) is 11.8 Å². The predicted molar refractivity (Wildman–Crippen MR) is 87.7 cm³/mol. The molecule has 132 valence electrons. The molecule has 0 spiro atoms. The monoisotopic (exact) mass is 358 g/mol. The Hall–Kier alpha value is -3.23. The molecule has 1 aromatic carbocycles. The molecule has 0 unspecified atom stereocenters. The summed E-state index contributed by atoms with van der Waals surface area (Å²) in [5.41, 5.74) is 2.48. The average Bonchev–Trinajstić information content (AvgIpc) is 3.20. The molecule has 0 amide bonds. The molecule has 26 heavy (non-hydrogen) atoms. The molecular formula is C17H13F3N6. The van der Waals surface area contributed by atoms with Crippen molar-refractivity contribution in [3.05, 3.63) is 66.1 Å². The number of benzene rings is 1. The van der Waals surface area contributed by atoms with E-state index in [0.29, 0.717) is 23.4 Å². The van der Waals surface area contributed by atoms with Crippen molar-refractivity contribution in [1.29, 1.82) is 0 Å². The Morgan fingerprint density at radius 2 is 1.85 bits per heavy atom. The molecule has 0 aliphatic rings. The van der Waals surface area contributed by atoms with Crippen molar-refractivity contribution in [3.63, 3.8) is 0 Å². The molecule has 0 aliphatic carbocycles. The molecule has 0 atom stereocenters. The standard InChI is InChI=1S/C17H13F3N6/c1-11-6-15(17(18,19)20)24-26(11)13-4-2-12(3-5-13)8-25-10-23-14-7-21-9-22-16(14)25/h2-7,9-10H,8H2,1H3. The molecule has 0 N–H and O–H groups in total. The van der Waals surface area contributed by atoms with E-state index < -0.39 is 11.9 Å². The highest BCUT2D eigenvalue weighted by atomic mass is 19.4. The second kappa shape index (κ2) is 5.94. The topological polar surface area (TPSA) is 61.4 Å². The van der Waals surface area contributed by atoms with E-state index in [0.717, 1.165) is 17.3 Å². The lowest BCUT2D eigenvalue weighted by Crippen LogP contribution is -2.07. The minimum atomic E-state index is -4.46. The number of aryl methyl sites for hydroxylation is 1. The Labute approximate surface area is 146 Å². The van der Waals surface area contributed by atoms with Crippen LogP contribution in [0.3, 0.4) is 0 Å². The van der Waals surface area contributed by atoms with Gasteiger partial charge >= 0.3 is 6.18 Å². The summed E-state index contributed by atoms with van der Waals surface area (Å²) in [6.45, 7) is 2.13. The second-order valence-corrected chi connectivity index (χ2v) is 5.85. The van der Waals surface area contributed by atoms with Crippen molar-refractivity contribution in [2.24, 2.45) is 0 Å². The first-order valence-corrected chi connectivity index (χ1v) is 7.76. The highest BCUT2D eigenvalue weighted by molar-refractivity contribution is 5.68. The molecule has 3 aromatic heterocycles. The van der Waals surface area contributed by atoms with E-state index in [-0.39, 0.29) is 0 Å². The van der Waals surface area contributed by atoms with Crippen LogP contribution in [0.25, 0.3) is 16.9 Å². The molecule has 0 radical (unpaired) electrons. The van der Waals surface area contributed by atoms with E-state index in [9.17, 15) is 13.2 Å². The van der Waals surface area contributed by atoms with Crippen LogP contribution in [-0.4, -0.2) is 29.3 Å². The zero-order chi connectivity index (χ0) is 18.3. The third-order valence-corrected chi connectivity index (χ3v) is 3.99. The maximum atomic E-state index is 12.8. The number of halogens is 3. The summed E-state index contributed by atoms with van der Waals surface area (Å²) in [5.74, 6) is 0. The minimum absolute atomic E-state index is 0.419. The van der Waals surface area contributed by atoms with E-state index in [1.807, 2.05) is 16.7 Å². The fraction of sp³-hybridized carbons (Fsp3) is 0.176. The molecule has 0 bridgehead atoms. The van der Waals surface area contributed by atoms with Gasteiger partial charge in [-0.25, -0.2) is 19.6 Å². The van der Waals surface area contributed by atoms with Crippen LogP contribution in [0, 0.1) is 6.92 Å². The molecule has 9 heteroatoms. The summed E-state index contributed by atoms with van der Waals surface area (Å²) in [5, 5.41) is 3.66. The van der Waals surface area contributed by atoms with E-state index in [2.05, 4.69) is 20.1 Å². The summed E-state index contributed by atoms with van der Waals surface area (Å²) < 4.78 is 41.6. The Morgan fingerprint density at radius 1 is 1.08 bits per heavy atom. The van der Waals surface area contributed by atoms with Gasteiger partial charge in [0.2, 0.25) is 0 Å². The Bertz CT molecular complexity index is 1060. The van der Waals surface area contributed by atoms with Crippen molar-refractivity contribution in [2.75, 3.05) is 0 Å². The van der Waals surface area contributed by atoms with Crippen LogP contribution < -0.4 is 0 Å². The number of nitrogens with zero attached hydrogens (tertiary/aromatic N) is 6. The van der Waals surface area contributed by atoms with Crippen LogP contribution in [0.2, 0.25) is 0 Å². The first kappa shape index (κ1) is 16.2. The Morgan fingerprint density at radius 3 is 2.54 bits per heavy atom. The SMILES string of the molecule is Cc1cc(C(F)(F)F)nn1-c1ccc(Cn2cnc3cncnc32)cc1. The predicted octanol–water partition coefficient (Wildman–Crippen LogP) is 3.39. The number of rotatable bonds is 3. The van der Waals surface area contributed by atoms with Gasteiger partial charge in [-0.2, -0.15) is 18.3 Å². The van der Waals surface area contributed by atoms with Gasteiger partial charge in [-0.3, -0.25) is 0 Å². The van der Waals surface area contributed by atoms with Crippen molar-refractivity contribution in [3.8, 4) is 5.69 Å². The number of fused-ring (bicyclic) bond motifs is 1. The van der Waals surface area contributed by atoms with Crippen LogP contribution in [0.1, 0.15) is 17.0 Å². The summed E-state index contributed by atoms with van der Waals surface area (Å²) in [6.07, 6.45) is 0.323. The van der Waals surface area contributed by atoms with Crippen LogP contribution in [-0.2, 0) is 12.7 Å². The normalized spacial score (nSPS) is 12.0. The first-order valence-electron chi connectivity index (χ1n) is 7.76. The van der Waals surface area contributed by atoms with Gasteiger partial charge in [0.05, 0.1) is 24.8 Å². The molecule has 0 saturated heterocycles. The minimum Gasteiger partial charge on any atom is -0.311 e. The average molecular weight is 358 g/mol. The van der Waals surface area contributed by atoms with Gasteiger partial charge < -0.3 is 4.57 Å². The van der Waals surface area contributed by atoms with Crippen molar-refractivity contribution >= 4 is 11.2 Å². The summed E-state index contributed by atoms with van der Waals surface area (Å²) in [7, 11) is 0. The van der Waals surface area contributed by atoms with E-state index in [1.54, 1.807) is 31.6 Å². The Kier molecular flexibility index (Phi) is 3.71. The second-order valence-electron chi connectivity index (χ2n) is 5.85. The van der Waals surface area contributed by atoms with E-state index in [4.69, 9.17) is 0 Å². The van der Waals surface area contributed by atoms with Gasteiger partial charge in [0, 0.05) is 5.69 Å². The van der Waals surface area contributed by atoms with Gasteiger partial charge in [-0.1, -0.05) is 12.1 Å². The molecule has 3 heterocycles. The summed E-state index contributed by atoms with van der Waals surface area (Å²) >= 11 is 0. The van der Waals surface area contributed by atoms with Gasteiger partial charge in [0.25, 0.3) is 0 Å². The van der Waals surface area contributed by atoms with Gasteiger partial charge in [-0.15, -0.1) is 0 Å². The highest BCUT2D eigenvalue weighted by Crippen LogP contribution is 2.29. The zero-order valence-electron chi connectivity index (χ0n) is 13.6. The maximum Gasteiger partial charge on any atom is 0.435 e. The van der Waals surface area contributed by atoms with Crippen LogP contribution in [0.15, 0.2) is 49.2 Å². The lowest BCUT2D eigenvalue weighted by molar-refractivity contribution is -0.141. The van der Waals surface area contributed by atoms with Crippen molar-refractivity contribution in [1.82, 2.24) is 29.3 Å². The third kappa shape index (κ3) is 2.92. The fourth-order valence-electron chi connectivity index (χ4n) is 2.74. The molecular weight excluding hydrogens is 345 g/mol. The lowest BCUT2D eigenvalue weighted by Gasteiger charge is -2.07. The molecule has 0 fully saturated rings. The number of aromatic nitrogens is 6. The van der Waals surface area contributed by atoms with Crippen LogP contribution in [0.4, 0.5) is 13.2 Å².